The Hall–Kier alpha value is -3.09. The first-order valence-electron chi connectivity index (χ1n) is 8.01. The van der Waals surface area contributed by atoms with Crippen LogP contribution < -0.4 is 15.4 Å². The lowest BCUT2D eigenvalue weighted by Gasteiger charge is -2.13. The molecule has 2 N–H and O–H groups in total. The van der Waals surface area contributed by atoms with E-state index < -0.39 is 5.97 Å². The topological polar surface area (TPSA) is 72.0 Å². The number of nitrogens with one attached hydrogen (secondary N) is 2. The van der Waals surface area contributed by atoms with Gasteiger partial charge in [0.1, 0.15) is 17.1 Å². The third-order valence-corrected chi connectivity index (χ3v) is 3.73. The molecule has 0 heterocycles. The number of aliphatic imine (C=N–C) groups is 1. The number of benzene rings is 2. The molecule has 0 aliphatic carbocycles. The molecular formula is C19H22FN3O3. The fourth-order valence-electron chi connectivity index (χ4n) is 2.33. The van der Waals surface area contributed by atoms with E-state index in [1.807, 2.05) is 6.07 Å². The zero-order valence-corrected chi connectivity index (χ0v) is 15.0. The summed E-state index contributed by atoms with van der Waals surface area (Å²) in [6.45, 7) is 0.965. The van der Waals surface area contributed by atoms with Crippen molar-refractivity contribution in [3.05, 3.63) is 65.0 Å². The van der Waals surface area contributed by atoms with Gasteiger partial charge in [0.15, 0.2) is 5.96 Å². The molecule has 26 heavy (non-hydrogen) atoms. The lowest BCUT2D eigenvalue weighted by atomic mass is 10.1. The highest BCUT2D eigenvalue weighted by Gasteiger charge is 2.13. The van der Waals surface area contributed by atoms with Crippen molar-refractivity contribution in [2.45, 2.75) is 13.1 Å². The fourth-order valence-corrected chi connectivity index (χ4v) is 2.33. The minimum atomic E-state index is -0.456. The summed E-state index contributed by atoms with van der Waals surface area (Å²) in [4.78, 5) is 16.0. The van der Waals surface area contributed by atoms with E-state index in [1.54, 1.807) is 31.3 Å². The van der Waals surface area contributed by atoms with Gasteiger partial charge in [-0.2, -0.15) is 0 Å². The maximum Gasteiger partial charge on any atom is 0.341 e. The van der Waals surface area contributed by atoms with Gasteiger partial charge in [0.05, 0.1) is 14.2 Å². The van der Waals surface area contributed by atoms with E-state index in [4.69, 9.17) is 9.47 Å². The molecule has 0 spiro atoms. The van der Waals surface area contributed by atoms with Gasteiger partial charge in [-0.1, -0.05) is 18.2 Å². The lowest BCUT2D eigenvalue weighted by molar-refractivity contribution is 0.0597. The Morgan fingerprint density at radius 3 is 2.23 bits per heavy atom. The number of halogens is 1. The summed E-state index contributed by atoms with van der Waals surface area (Å²) in [5.74, 6) is 0.323. The summed E-state index contributed by atoms with van der Waals surface area (Å²) < 4.78 is 22.9. The van der Waals surface area contributed by atoms with Gasteiger partial charge in [-0.15, -0.1) is 0 Å². The largest absolute Gasteiger partial charge is 0.496 e. The smallest absolute Gasteiger partial charge is 0.341 e. The van der Waals surface area contributed by atoms with Crippen molar-refractivity contribution < 1.29 is 18.7 Å². The van der Waals surface area contributed by atoms with Crippen LogP contribution in [0.25, 0.3) is 0 Å². The monoisotopic (exact) mass is 359 g/mol. The van der Waals surface area contributed by atoms with E-state index in [-0.39, 0.29) is 5.82 Å². The fraction of sp³-hybridized carbons (Fsp3) is 0.263. The van der Waals surface area contributed by atoms with E-state index in [0.29, 0.717) is 30.4 Å². The summed E-state index contributed by atoms with van der Waals surface area (Å²) in [6.07, 6.45) is 0. The SMILES string of the molecule is CN=C(NCc1ccc(F)cc1)NCc1ccc(OC)c(C(=O)OC)c1. The molecule has 2 aromatic rings. The molecule has 0 bridgehead atoms. The molecule has 0 radical (unpaired) electrons. The van der Waals surface area contributed by atoms with Crippen LogP contribution in [0.5, 0.6) is 5.75 Å². The zero-order chi connectivity index (χ0) is 18.9. The summed E-state index contributed by atoms with van der Waals surface area (Å²) >= 11 is 0. The quantitative estimate of drug-likeness (QED) is 0.471. The highest BCUT2D eigenvalue weighted by Crippen LogP contribution is 2.20. The third-order valence-electron chi connectivity index (χ3n) is 3.73. The first-order valence-corrected chi connectivity index (χ1v) is 8.01. The third kappa shape index (κ3) is 5.20. The van der Waals surface area contributed by atoms with Gasteiger partial charge >= 0.3 is 5.97 Å². The predicted octanol–water partition coefficient (Wildman–Crippen LogP) is 2.49. The number of carbonyl (C=O) groups excluding carboxylic acids is 1. The average molecular weight is 359 g/mol. The van der Waals surface area contributed by atoms with Gasteiger partial charge in [-0.25, -0.2) is 9.18 Å². The van der Waals surface area contributed by atoms with Crippen molar-refractivity contribution >= 4 is 11.9 Å². The number of esters is 1. The van der Waals surface area contributed by atoms with Crippen molar-refractivity contribution in [1.29, 1.82) is 0 Å². The Balaban J connectivity index is 1.97. The first kappa shape index (κ1) is 19.2. The number of nitrogens with zero attached hydrogens (tertiary/aromatic N) is 1. The van der Waals surface area contributed by atoms with E-state index in [1.165, 1.54) is 26.4 Å². The molecule has 0 amide bonds. The molecule has 0 aromatic heterocycles. The Morgan fingerprint density at radius 1 is 1.04 bits per heavy atom. The van der Waals surface area contributed by atoms with Gasteiger partial charge in [0.2, 0.25) is 0 Å². The number of ether oxygens (including phenoxy) is 2. The van der Waals surface area contributed by atoms with Crippen molar-refractivity contribution in [3.8, 4) is 5.75 Å². The number of rotatable bonds is 6. The minimum absolute atomic E-state index is 0.267. The molecule has 0 fully saturated rings. The minimum Gasteiger partial charge on any atom is -0.496 e. The Morgan fingerprint density at radius 2 is 1.65 bits per heavy atom. The summed E-state index contributed by atoms with van der Waals surface area (Å²) in [6, 6.07) is 11.5. The Labute approximate surface area is 152 Å². The molecule has 2 rings (SSSR count). The van der Waals surface area contributed by atoms with Crippen LogP contribution in [-0.4, -0.2) is 33.2 Å². The van der Waals surface area contributed by atoms with Gasteiger partial charge < -0.3 is 20.1 Å². The summed E-state index contributed by atoms with van der Waals surface area (Å²) in [5, 5.41) is 6.31. The van der Waals surface area contributed by atoms with Crippen LogP contribution in [0, 0.1) is 5.82 Å². The molecule has 2 aromatic carbocycles. The van der Waals surface area contributed by atoms with Crippen LogP contribution in [0.3, 0.4) is 0 Å². The van der Waals surface area contributed by atoms with E-state index in [9.17, 15) is 9.18 Å². The second-order valence-corrected chi connectivity index (χ2v) is 5.43. The molecular weight excluding hydrogens is 337 g/mol. The van der Waals surface area contributed by atoms with Gasteiger partial charge in [0, 0.05) is 20.1 Å². The van der Waals surface area contributed by atoms with Crippen LogP contribution in [0.2, 0.25) is 0 Å². The molecule has 7 heteroatoms. The molecule has 0 saturated carbocycles. The van der Waals surface area contributed by atoms with E-state index in [0.717, 1.165) is 11.1 Å². The lowest BCUT2D eigenvalue weighted by Crippen LogP contribution is -2.36. The normalized spacial score (nSPS) is 11.0. The number of hydrogen-bond donors (Lipinski definition) is 2. The molecule has 0 aliphatic heterocycles. The van der Waals surface area contributed by atoms with Crippen LogP contribution >= 0.6 is 0 Å². The Bertz CT molecular complexity index is 776. The first-order chi connectivity index (χ1) is 12.6. The van der Waals surface area contributed by atoms with Crippen molar-refractivity contribution in [2.75, 3.05) is 21.3 Å². The number of hydrogen-bond acceptors (Lipinski definition) is 4. The van der Waals surface area contributed by atoms with E-state index in [2.05, 4.69) is 15.6 Å². The van der Waals surface area contributed by atoms with Gasteiger partial charge in [-0.05, 0) is 35.4 Å². The number of carbonyl (C=O) groups is 1. The van der Waals surface area contributed by atoms with Crippen molar-refractivity contribution in [3.63, 3.8) is 0 Å². The van der Waals surface area contributed by atoms with Crippen molar-refractivity contribution in [2.24, 2.45) is 4.99 Å². The molecule has 138 valence electrons. The number of methoxy groups -OCH3 is 2. The second-order valence-electron chi connectivity index (χ2n) is 5.43. The maximum absolute atomic E-state index is 12.9. The zero-order valence-electron chi connectivity index (χ0n) is 15.0. The van der Waals surface area contributed by atoms with E-state index >= 15 is 0 Å². The van der Waals surface area contributed by atoms with Gasteiger partial charge in [0.25, 0.3) is 0 Å². The summed E-state index contributed by atoms with van der Waals surface area (Å²) in [7, 11) is 4.49. The second kappa shape index (κ2) is 9.41. The predicted molar refractivity (Wildman–Crippen MR) is 97.8 cm³/mol. The Kier molecular flexibility index (Phi) is 6.96. The van der Waals surface area contributed by atoms with Crippen LogP contribution in [0.4, 0.5) is 4.39 Å². The molecule has 6 nitrogen and oxygen atoms in total. The molecule has 0 aliphatic rings. The highest BCUT2D eigenvalue weighted by molar-refractivity contribution is 5.92. The molecule has 0 atom stereocenters. The van der Waals surface area contributed by atoms with Crippen LogP contribution in [0.1, 0.15) is 21.5 Å². The summed E-state index contributed by atoms with van der Waals surface area (Å²) in [5.41, 5.74) is 2.17. The standard InChI is InChI=1S/C19H22FN3O3/c1-21-19(22-11-13-4-7-15(20)8-5-13)23-12-14-6-9-17(25-2)16(10-14)18(24)26-3/h4-10H,11-12H2,1-3H3,(H2,21,22,23). The van der Waals surface area contributed by atoms with Gasteiger partial charge in [-0.3, -0.25) is 4.99 Å². The average Bonchev–Trinajstić information content (AvgIpc) is 2.68. The molecule has 0 saturated heterocycles. The maximum atomic E-state index is 12.9. The number of guanidine groups is 1. The molecule has 0 unspecified atom stereocenters. The van der Waals surface area contributed by atoms with Crippen LogP contribution in [-0.2, 0) is 17.8 Å². The van der Waals surface area contributed by atoms with Crippen molar-refractivity contribution in [1.82, 2.24) is 10.6 Å². The van der Waals surface area contributed by atoms with Crippen LogP contribution in [0.15, 0.2) is 47.5 Å². The highest BCUT2D eigenvalue weighted by atomic mass is 19.1.